The van der Waals surface area contributed by atoms with Gasteiger partial charge in [0.05, 0.1) is 5.25 Å². The zero-order chi connectivity index (χ0) is 20.1. The summed E-state index contributed by atoms with van der Waals surface area (Å²) in [5, 5.41) is 9.14. The molecule has 0 bridgehead atoms. The van der Waals surface area contributed by atoms with E-state index in [1.807, 2.05) is 0 Å². The summed E-state index contributed by atoms with van der Waals surface area (Å²) in [5.74, 6) is 0.420. The summed E-state index contributed by atoms with van der Waals surface area (Å²) >= 11 is 0. The van der Waals surface area contributed by atoms with Crippen LogP contribution < -0.4 is 4.18 Å². The van der Waals surface area contributed by atoms with Crippen molar-refractivity contribution in [3.8, 4) is 11.5 Å². The highest BCUT2D eigenvalue weighted by Crippen LogP contribution is 2.26. The maximum Gasteiger partial charge on any atom is 0.312 e. The summed E-state index contributed by atoms with van der Waals surface area (Å²) in [5.41, 5.74) is 0.607. The van der Waals surface area contributed by atoms with E-state index < -0.39 is 15.4 Å². The van der Waals surface area contributed by atoms with Crippen molar-refractivity contribution in [1.29, 1.82) is 0 Å². The van der Waals surface area contributed by atoms with E-state index in [2.05, 4.69) is 13.8 Å². The number of unbranched alkanes of at least 4 members (excludes halogenated alkanes) is 8. The Bertz CT molecular complexity index is 625. The molecule has 1 atom stereocenters. The number of aromatic hydroxyl groups is 1. The summed E-state index contributed by atoms with van der Waals surface area (Å²) in [4.78, 5) is 0. The highest BCUT2D eigenvalue weighted by molar-refractivity contribution is 7.87. The molecule has 5 heteroatoms. The van der Waals surface area contributed by atoms with E-state index in [1.165, 1.54) is 50.7 Å². The normalized spacial score (nSPS) is 12.9. The molecule has 0 saturated heterocycles. The summed E-state index contributed by atoms with van der Waals surface area (Å²) in [6.07, 6.45) is 12.8. The monoisotopic (exact) mass is 398 g/mol. The Hall–Kier alpha value is -1.23. The molecule has 0 fully saturated rings. The average Bonchev–Trinajstić information content (AvgIpc) is 2.62. The molecule has 4 nitrogen and oxygen atoms in total. The van der Waals surface area contributed by atoms with Gasteiger partial charge in [0.15, 0.2) is 0 Å². The lowest BCUT2D eigenvalue weighted by atomic mass is 10.0. The zero-order valence-electron chi connectivity index (χ0n) is 17.4. The Morgan fingerprint density at radius 2 is 1.44 bits per heavy atom. The minimum absolute atomic E-state index is 0.140. The first-order valence-corrected chi connectivity index (χ1v) is 12.1. The fourth-order valence-electron chi connectivity index (χ4n) is 3.25. The number of phenolic OH excluding ortho intramolecular Hbond substituents is 1. The Morgan fingerprint density at radius 1 is 0.889 bits per heavy atom. The highest BCUT2D eigenvalue weighted by atomic mass is 32.2. The molecule has 0 aromatic heterocycles. The molecule has 0 aliphatic heterocycles. The Morgan fingerprint density at radius 3 is 2.04 bits per heavy atom. The third kappa shape index (κ3) is 9.50. The predicted octanol–water partition coefficient (Wildman–Crippen LogP) is 6.50. The van der Waals surface area contributed by atoms with Crippen LogP contribution in [0, 0.1) is 6.92 Å². The van der Waals surface area contributed by atoms with Gasteiger partial charge in [-0.3, -0.25) is 0 Å². The van der Waals surface area contributed by atoms with Crippen LogP contribution in [0.5, 0.6) is 11.5 Å². The molecule has 0 aliphatic rings. The van der Waals surface area contributed by atoms with Crippen LogP contribution in [0.1, 0.15) is 96.5 Å². The van der Waals surface area contributed by atoms with Gasteiger partial charge >= 0.3 is 10.1 Å². The predicted molar refractivity (Wildman–Crippen MR) is 113 cm³/mol. The molecule has 156 valence electrons. The van der Waals surface area contributed by atoms with Crippen LogP contribution in [0.2, 0.25) is 0 Å². The van der Waals surface area contributed by atoms with E-state index in [1.54, 1.807) is 13.0 Å². The molecule has 0 aliphatic carbocycles. The molecule has 1 aromatic carbocycles. The molecule has 0 spiro atoms. The first-order valence-electron chi connectivity index (χ1n) is 10.6. The lowest BCUT2D eigenvalue weighted by Crippen LogP contribution is -2.26. The van der Waals surface area contributed by atoms with E-state index in [9.17, 15) is 13.5 Å². The molecule has 1 N–H and O–H groups in total. The highest BCUT2D eigenvalue weighted by Gasteiger charge is 2.26. The van der Waals surface area contributed by atoms with Crippen LogP contribution in [-0.2, 0) is 10.1 Å². The van der Waals surface area contributed by atoms with Crippen molar-refractivity contribution in [2.45, 2.75) is 103 Å². The molecule has 0 saturated carbocycles. The summed E-state index contributed by atoms with van der Waals surface area (Å²) in [7, 11) is -3.66. The molecule has 1 aromatic rings. The minimum atomic E-state index is -3.66. The molecule has 27 heavy (non-hydrogen) atoms. The topological polar surface area (TPSA) is 63.6 Å². The van der Waals surface area contributed by atoms with Gasteiger partial charge in [0.1, 0.15) is 11.5 Å². The van der Waals surface area contributed by atoms with E-state index >= 15 is 0 Å². The Balaban J connectivity index is 2.53. The van der Waals surface area contributed by atoms with Gasteiger partial charge in [-0.05, 0) is 43.5 Å². The van der Waals surface area contributed by atoms with E-state index in [0.717, 1.165) is 25.7 Å². The van der Waals surface area contributed by atoms with Gasteiger partial charge in [-0.1, -0.05) is 78.1 Å². The second-order valence-electron chi connectivity index (χ2n) is 7.55. The van der Waals surface area contributed by atoms with Crippen molar-refractivity contribution >= 4 is 10.1 Å². The van der Waals surface area contributed by atoms with Crippen LogP contribution in [0.3, 0.4) is 0 Å². The number of hydrogen-bond donors (Lipinski definition) is 1. The number of aryl methyl sites for hydroxylation is 1. The van der Waals surface area contributed by atoms with Crippen LogP contribution in [0.25, 0.3) is 0 Å². The molecular formula is C22H38O4S. The summed E-state index contributed by atoms with van der Waals surface area (Å²) < 4.78 is 30.9. The lowest BCUT2D eigenvalue weighted by molar-refractivity contribution is 0.445. The molecule has 0 heterocycles. The molecule has 1 unspecified atom stereocenters. The number of phenols is 1. The standard InChI is InChI=1S/C22H38O4S/c1-4-6-8-9-10-11-12-13-15-21(14-7-5-2)27(24,25)26-20-16-17-22(23)19(3)18-20/h16-18,21,23H,4-15H2,1-3H3. The van der Waals surface area contributed by atoms with Gasteiger partial charge in [-0.2, -0.15) is 8.42 Å². The Kier molecular flexibility index (Phi) is 11.5. The van der Waals surface area contributed by atoms with Gasteiger partial charge in [-0.15, -0.1) is 0 Å². The number of benzene rings is 1. The summed E-state index contributed by atoms with van der Waals surface area (Å²) in [6, 6.07) is 4.55. The quantitative estimate of drug-likeness (QED) is 0.270. The van der Waals surface area contributed by atoms with Crippen molar-refractivity contribution < 1.29 is 17.7 Å². The first kappa shape index (κ1) is 23.8. The van der Waals surface area contributed by atoms with E-state index in [0.29, 0.717) is 18.4 Å². The van der Waals surface area contributed by atoms with Gasteiger partial charge < -0.3 is 9.29 Å². The third-order valence-corrected chi connectivity index (χ3v) is 6.76. The first-order chi connectivity index (χ1) is 12.9. The van der Waals surface area contributed by atoms with Crippen molar-refractivity contribution in [3.05, 3.63) is 23.8 Å². The van der Waals surface area contributed by atoms with Crippen LogP contribution in [-0.4, -0.2) is 18.8 Å². The van der Waals surface area contributed by atoms with Crippen LogP contribution in [0.4, 0.5) is 0 Å². The fourth-order valence-corrected chi connectivity index (χ4v) is 4.67. The van der Waals surface area contributed by atoms with Crippen molar-refractivity contribution in [1.82, 2.24) is 0 Å². The molecule has 0 amide bonds. The summed E-state index contributed by atoms with van der Waals surface area (Å²) in [6.45, 7) is 6.02. The van der Waals surface area contributed by atoms with Crippen molar-refractivity contribution in [2.24, 2.45) is 0 Å². The molecule has 1 rings (SSSR count). The van der Waals surface area contributed by atoms with Crippen molar-refractivity contribution in [2.75, 3.05) is 0 Å². The van der Waals surface area contributed by atoms with Gasteiger partial charge in [0.2, 0.25) is 0 Å². The van der Waals surface area contributed by atoms with Gasteiger partial charge in [0, 0.05) is 0 Å². The number of rotatable bonds is 15. The fraction of sp³-hybridized carbons (Fsp3) is 0.727. The van der Waals surface area contributed by atoms with Gasteiger partial charge in [0.25, 0.3) is 0 Å². The SMILES string of the molecule is CCCCCCCCCCC(CCCC)S(=O)(=O)Oc1ccc(O)c(C)c1. The molecular weight excluding hydrogens is 360 g/mol. The minimum Gasteiger partial charge on any atom is -0.508 e. The largest absolute Gasteiger partial charge is 0.508 e. The maximum absolute atomic E-state index is 12.8. The second kappa shape index (κ2) is 13.0. The van der Waals surface area contributed by atoms with Crippen LogP contribution in [0.15, 0.2) is 18.2 Å². The van der Waals surface area contributed by atoms with Crippen molar-refractivity contribution in [3.63, 3.8) is 0 Å². The zero-order valence-corrected chi connectivity index (χ0v) is 18.2. The molecule has 0 radical (unpaired) electrons. The van der Waals surface area contributed by atoms with E-state index in [-0.39, 0.29) is 11.5 Å². The lowest BCUT2D eigenvalue weighted by Gasteiger charge is -2.18. The van der Waals surface area contributed by atoms with E-state index in [4.69, 9.17) is 4.18 Å². The number of hydrogen-bond acceptors (Lipinski definition) is 4. The van der Waals surface area contributed by atoms with Gasteiger partial charge in [-0.25, -0.2) is 0 Å². The smallest absolute Gasteiger partial charge is 0.312 e. The third-order valence-electron chi connectivity index (χ3n) is 5.05. The van der Waals surface area contributed by atoms with Crippen LogP contribution >= 0.6 is 0 Å². The average molecular weight is 399 g/mol. The second-order valence-corrected chi connectivity index (χ2v) is 9.37. The maximum atomic E-state index is 12.8. The Labute approximate surface area is 166 Å².